The van der Waals surface area contributed by atoms with E-state index in [1.54, 1.807) is 11.3 Å². The summed E-state index contributed by atoms with van der Waals surface area (Å²) in [6.45, 7) is 1.41. The molecule has 0 spiro atoms. The van der Waals surface area contributed by atoms with Crippen LogP contribution in [0.4, 0.5) is 0 Å². The molecule has 6 nitrogen and oxygen atoms in total. The zero-order valence-electron chi connectivity index (χ0n) is 15.8. The summed E-state index contributed by atoms with van der Waals surface area (Å²) in [5.41, 5.74) is 2.17. The average molecular weight is 404 g/mol. The predicted molar refractivity (Wildman–Crippen MR) is 114 cm³/mol. The topological polar surface area (TPSA) is 68.1 Å². The Morgan fingerprint density at radius 3 is 2.76 bits per heavy atom. The molecular weight excluding hydrogens is 384 g/mol. The number of para-hydroxylation sites is 3. The number of piperidine rings is 1. The van der Waals surface area contributed by atoms with Gasteiger partial charge in [-0.2, -0.15) is 0 Å². The fourth-order valence-corrected chi connectivity index (χ4v) is 5.08. The Balaban J connectivity index is 1.38. The van der Waals surface area contributed by atoms with Gasteiger partial charge in [-0.1, -0.05) is 24.3 Å². The molecule has 0 N–H and O–H groups in total. The Kier molecular flexibility index (Phi) is 4.60. The molecular formula is C22H20N4O2S. The van der Waals surface area contributed by atoms with Crippen LogP contribution in [0.15, 0.2) is 59.5 Å². The van der Waals surface area contributed by atoms with Gasteiger partial charge in [-0.3, -0.25) is 14.2 Å². The van der Waals surface area contributed by atoms with Crippen LogP contribution in [0.2, 0.25) is 0 Å². The van der Waals surface area contributed by atoms with Gasteiger partial charge in [0.05, 0.1) is 32.5 Å². The summed E-state index contributed by atoms with van der Waals surface area (Å²) in [6.07, 6.45) is 3.26. The van der Waals surface area contributed by atoms with Crippen molar-refractivity contribution in [3.05, 3.63) is 70.1 Å². The molecule has 1 atom stereocenters. The van der Waals surface area contributed by atoms with Crippen LogP contribution in [0, 0.1) is 0 Å². The molecule has 2 aromatic heterocycles. The number of aromatic nitrogens is 3. The second kappa shape index (κ2) is 7.40. The number of nitrogens with zero attached hydrogens (tertiary/aromatic N) is 4. The van der Waals surface area contributed by atoms with Crippen molar-refractivity contribution in [3.8, 4) is 0 Å². The first-order chi connectivity index (χ1) is 14.2. The van der Waals surface area contributed by atoms with Crippen molar-refractivity contribution in [1.82, 2.24) is 19.4 Å². The van der Waals surface area contributed by atoms with Crippen molar-refractivity contribution < 1.29 is 4.79 Å². The van der Waals surface area contributed by atoms with Gasteiger partial charge in [0.2, 0.25) is 5.91 Å². The SMILES string of the molecule is O=C(Cn1c(=O)cnc2ccccc21)N1CCC[C@H](c2nc3ccccc3s2)C1. The van der Waals surface area contributed by atoms with Crippen LogP contribution in [0.3, 0.4) is 0 Å². The molecule has 1 fully saturated rings. The first kappa shape index (κ1) is 18.0. The number of carbonyl (C=O) groups excluding carboxylic acids is 1. The molecule has 0 radical (unpaired) electrons. The minimum absolute atomic E-state index is 0.0331. The number of fused-ring (bicyclic) bond motifs is 2. The smallest absolute Gasteiger partial charge is 0.269 e. The molecule has 1 aliphatic heterocycles. The van der Waals surface area contributed by atoms with Gasteiger partial charge in [0, 0.05) is 19.0 Å². The summed E-state index contributed by atoms with van der Waals surface area (Å²) in [7, 11) is 0. The molecule has 0 bridgehead atoms. The lowest BCUT2D eigenvalue weighted by Crippen LogP contribution is -2.42. The van der Waals surface area contributed by atoms with E-state index in [1.807, 2.05) is 47.4 Å². The van der Waals surface area contributed by atoms with Crippen molar-refractivity contribution in [2.45, 2.75) is 25.3 Å². The summed E-state index contributed by atoms with van der Waals surface area (Å²) >= 11 is 1.71. The molecule has 0 aliphatic carbocycles. The van der Waals surface area contributed by atoms with Gasteiger partial charge in [0.15, 0.2) is 0 Å². The number of benzene rings is 2. The van der Waals surface area contributed by atoms with Crippen molar-refractivity contribution in [3.63, 3.8) is 0 Å². The standard InChI is InChI=1S/C22H20N4O2S/c27-20-12-23-16-7-1-3-9-18(16)26(20)14-21(28)25-11-5-6-15(13-25)22-24-17-8-2-4-10-19(17)29-22/h1-4,7-10,12,15H,5-6,11,13-14H2/t15-/m0/s1. The number of thiazole rings is 1. The van der Waals surface area contributed by atoms with E-state index in [0.29, 0.717) is 17.6 Å². The van der Waals surface area contributed by atoms with Crippen LogP contribution < -0.4 is 5.56 Å². The second-order valence-corrected chi connectivity index (χ2v) is 8.43. The maximum absolute atomic E-state index is 13.0. The highest BCUT2D eigenvalue weighted by Crippen LogP contribution is 2.33. The van der Waals surface area contributed by atoms with Crippen molar-refractivity contribution >= 4 is 38.5 Å². The summed E-state index contributed by atoms with van der Waals surface area (Å²) in [6, 6.07) is 15.5. The van der Waals surface area contributed by atoms with E-state index in [0.717, 1.165) is 29.9 Å². The zero-order chi connectivity index (χ0) is 19.8. The van der Waals surface area contributed by atoms with Gasteiger partial charge in [-0.25, -0.2) is 9.97 Å². The minimum atomic E-state index is -0.253. The summed E-state index contributed by atoms with van der Waals surface area (Å²) in [5, 5.41) is 1.09. The number of likely N-dealkylation sites (tertiary alicyclic amines) is 1. The minimum Gasteiger partial charge on any atom is -0.340 e. The predicted octanol–water partition coefficient (Wildman–Crippen LogP) is 3.41. The van der Waals surface area contributed by atoms with Crippen LogP contribution in [0.1, 0.15) is 23.8 Å². The van der Waals surface area contributed by atoms with Crippen LogP contribution in [0.25, 0.3) is 21.3 Å². The van der Waals surface area contributed by atoms with Gasteiger partial charge in [-0.15, -0.1) is 11.3 Å². The van der Waals surface area contributed by atoms with Gasteiger partial charge in [0.1, 0.15) is 6.54 Å². The molecule has 29 heavy (non-hydrogen) atoms. The molecule has 4 aromatic rings. The van der Waals surface area contributed by atoms with Crippen LogP contribution >= 0.6 is 11.3 Å². The van der Waals surface area contributed by atoms with E-state index in [-0.39, 0.29) is 23.9 Å². The Bertz CT molecular complexity index is 1230. The Morgan fingerprint density at radius 1 is 1.10 bits per heavy atom. The lowest BCUT2D eigenvalue weighted by atomic mass is 9.98. The van der Waals surface area contributed by atoms with Crippen LogP contribution in [-0.4, -0.2) is 38.4 Å². The molecule has 3 heterocycles. The fourth-order valence-electron chi connectivity index (χ4n) is 3.98. The lowest BCUT2D eigenvalue weighted by molar-refractivity contribution is -0.133. The lowest BCUT2D eigenvalue weighted by Gasteiger charge is -2.32. The number of amides is 1. The van der Waals surface area contributed by atoms with Crippen molar-refractivity contribution in [1.29, 1.82) is 0 Å². The summed E-state index contributed by atoms with van der Waals surface area (Å²) in [4.78, 5) is 36.2. The fraction of sp³-hybridized carbons (Fsp3) is 0.273. The highest BCUT2D eigenvalue weighted by Gasteiger charge is 2.27. The Hall–Kier alpha value is -3.06. The van der Waals surface area contributed by atoms with Crippen LogP contribution in [-0.2, 0) is 11.3 Å². The molecule has 1 amide bonds. The summed E-state index contributed by atoms with van der Waals surface area (Å²) < 4.78 is 2.70. The van der Waals surface area contributed by atoms with Gasteiger partial charge in [0.25, 0.3) is 5.56 Å². The Morgan fingerprint density at radius 2 is 1.90 bits per heavy atom. The quantitative estimate of drug-likeness (QED) is 0.525. The zero-order valence-corrected chi connectivity index (χ0v) is 16.6. The largest absolute Gasteiger partial charge is 0.340 e. The molecule has 2 aromatic carbocycles. The van der Waals surface area contributed by atoms with E-state index < -0.39 is 0 Å². The number of carbonyl (C=O) groups is 1. The van der Waals surface area contributed by atoms with Crippen molar-refractivity contribution in [2.75, 3.05) is 13.1 Å². The highest BCUT2D eigenvalue weighted by molar-refractivity contribution is 7.18. The third kappa shape index (κ3) is 3.42. The monoisotopic (exact) mass is 404 g/mol. The molecule has 0 unspecified atom stereocenters. The molecule has 1 aliphatic rings. The molecule has 146 valence electrons. The van der Waals surface area contributed by atoms with Gasteiger partial charge < -0.3 is 4.90 Å². The highest BCUT2D eigenvalue weighted by atomic mass is 32.1. The average Bonchev–Trinajstić information content (AvgIpc) is 3.20. The summed E-state index contributed by atoms with van der Waals surface area (Å²) in [5.74, 6) is 0.213. The maximum atomic E-state index is 13.0. The third-order valence-corrected chi connectivity index (χ3v) is 6.68. The maximum Gasteiger partial charge on any atom is 0.269 e. The number of hydrogen-bond donors (Lipinski definition) is 0. The van der Waals surface area contributed by atoms with Gasteiger partial charge >= 0.3 is 0 Å². The second-order valence-electron chi connectivity index (χ2n) is 7.37. The normalized spacial score (nSPS) is 17.1. The van der Waals surface area contributed by atoms with E-state index >= 15 is 0 Å². The molecule has 1 saturated heterocycles. The third-order valence-electron chi connectivity index (χ3n) is 5.48. The van der Waals surface area contributed by atoms with Crippen LogP contribution in [0.5, 0.6) is 0 Å². The first-order valence-corrected chi connectivity index (χ1v) is 10.6. The van der Waals surface area contributed by atoms with E-state index in [1.165, 1.54) is 15.5 Å². The molecule has 5 rings (SSSR count). The van der Waals surface area contributed by atoms with Crippen molar-refractivity contribution in [2.24, 2.45) is 0 Å². The Labute approximate surface area is 171 Å². The number of hydrogen-bond acceptors (Lipinski definition) is 5. The van der Waals surface area contributed by atoms with E-state index in [2.05, 4.69) is 11.1 Å². The van der Waals surface area contributed by atoms with Gasteiger partial charge in [-0.05, 0) is 37.1 Å². The van der Waals surface area contributed by atoms with E-state index in [4.69, 9.17) is 4.98 Å². The number of rotatable bonds is 3. The van der Waals surface area contributed by atoms with E-state index in [9.17, 15) is 9.59 Å². The molecule has 0 saturated carbocycles. The molecule has 7 heteroatoms. The first-order valence-electron chi connectivity index (χ1n) is 9.77.